The fourth-order valence-corrected chi connectivity index (χ4v) is 4.71. The Morgan fingerprint density at radius 3 is 2.22 bits per heavy atom. The highest BCUT2D eigenvalue weighted by atomic mass is 16.5. The molecule has 2 aromatic heterocycles. The molecule has 0 N–H and O–H groups in total. The summed E-state index contributed by atoms with van der Waals surface area (Å²) in [4.78, 5) is 22.0. The predicted molar refractivity (Wildman–Crippen MR) is 122 cm³/mol. The molecule has 0 aliphatic carbocycles. The summed E-state index contributed by atoms with van der Waals surface area (Å²) in [6.45, 7) is 4.11. The van der Waals surface area contributed by atoms with Gasteiger partial charge in [-0.3, -0.25) is 9.78 Å². The lowest BCUT2D eigenvalue weighted by Crippen LogP contribution is -2.56. The Morgan fingerprint density at radius 1 is 0.844 bits per heavy atom. The first-order valence-electron chi connectivity index (χ1n) is 11.2. The monoisotopic (exact) mass is 429 g/mol. The molecular formula is C25H27N5O2. The lowest BCUT2D eigenvalue weighted by Gasteiger charge is -2.43. The van der Waals surface area contributed by atoms with Crippen LogP contribution < -0.4 is 4.90 Å². The third-order valence-corrected chi connectivity index (χ3v) is 6.60. The number of anilines is 1. The quantitative estimate of drug-likeness (QED) is 0.635. The van der Waals surface area contributed by atoms with Crippen LogP contribution in [0.3, 0.4) is 0 Å². The number of benzene rings is 1. The molecule has 7 heteroatoms. The summed E-state index contributed by atoms with van der Waals surface area (Å²) >= 11 is 0. The number of carbonyl (C=O) groups is 1. The fraction of sp³-hybridized carbons (Fsp3) is 0.360. The van der Waals surface area contributed by atoms with Crippen LogP contribution >= 0.6 is 0 Å². The molecule has 0 atom stereocenters. The maximum Gasteiger partial charge on any atom is 0.233 e. The Bertz CT molecular complexity index is 1030. The zero-order valence-corrected chi connectivity index (χ0v) is 18.1. The van der Waals surface area contributed by atoms with Crippen molar-refractivity contribution >= 4 is 11.7 Å². The van der Waals surface area contributed by atoms with Gasteiger partial charge < -0.3 is 14.5 Å². The van der Waals surface area contributed by atoms with Gasteiger partial charge in [0, 0.05) is 57.3 Å². The minimum Gasteiger partial charge on any atom is -0.381 e. The highest BCUT2D eigenvalue weighted by Gasteiger charge is 2.44. The number of hydrogen-bond donors (Lipinski definition) is 0. The Labute approximate surface area is 188 Å². The molecule has 7 nitrogen and oxygen atoms in total. The second-order valence-electron chi connectivity index (χ2n) is 8.35. The van der Waals surface area contributed by atoms with Crippen molar-refractivity contribution in [3.05, 3.63) is 72.6 Å². The van der Waals surface area contributed by atoms with Gasteiger partial charge in [0.2, 0.25) is 5.91 Å². The second-order valence-corrected chi connectivity index (χ2v) is 8.35. The minimum absolute atomic E-state index is 0.228. The Hall–Kier alpha value is -3.32. The van der Waals surface area contributed by atoms with Gasteiger partial charge in [0.1, 0.15) is 0 Å². The van der Waals surface area contributed by atoms with Gasteiger partial charge in [0.05, 0.1) is 11.1 Å². The lowest BCUT2D eigenvalue weighted by atomic mass is 9.73. The average Bonchev–Trinajstić information content (AvgIpc) is 2.90. The summed E-state index contributed by atoms with van der Waals surface area (Å²) < 4.78 is 5.60. The van der Waals surface area contributed by atoms with Crippen molar-refractivity contribution < 1.29 is 9.53 Å². The number of nitrogens with zero attached hydrogens (tertiary/aromatic N) is 5. The third kappa shape index (κ3) is 3.96. The maximum absolute atomic E-state index is 13.7. The van der Waals surface area contributed by atoms with Crippen LogP contribution in [-0.4, -0.2) is 65.4 Å². The number of rotatable bonds is 4. The van der Waals surface area contributed by atoms with Gasteiger partial charge in [-0.25, -0.2) is 0 Å². The Morgan fingerprint density at radius 2 is 1.56 bits per heavy atom. The van der Waals surface area contributed by atoms with Crippen molar-refractivity contribution in [3.63, 3.8) is 0 Å². The molecule has 1 amide bonds. The molecule has 1 aromatic carbocycles. The van der Waals surface area contributed by atoms with E-state index in [1.165, 1.54) is 0 Å². The van der Waals surface area contributed by atoms with Gasteiger partial charge >= 0.3 is 0 Å². The molecule has 164 valence electrons. The molecule has 2 fully saturated rings. The van der Waals surface area contributed by atoms with E-state index in [9.17, 15) is 4.79 Å². The summed E-state index contributed by atoms with van der Waals surface area (Å²) in [5, 5.41) is 8.82. The van der Waals surface area contributed by atoms with Gasteiger partial charge in [-0.2, -0.15) is 0 Å². The van der Waals surface area contributed by atoms with E-state index in [1.807, 2.05) is 47.4 Å². The number of aromatic nitrogens is 3. The molecule has 5 rings (SSSR count). The number of ether oxygens (including phenoxy) is 1. The van der Waals surface area contributed by atoms with Crippen LogP contribution in [0, 0.1) is 0 Å². The van der Waals surface area contributed by atoms with Crippen LogP contribution in [0.4, 0.5) is 5.82 Å². The van der Waals surface area contributed by atoms with Crippen molar-refractivity contribution in [1.29, 1.82) is 0 Å². The summed E-state index contributed by atoms with van der Waals surface area (Å²) in [6.07, 6.45) is 4.97. The number of carbonyl (C=O) groups excluding carboxylic acids is 1. The molecule has 4 heterocycles. The van der Waals surface area contributed by atoms with E-state index in [0.717, 1.165) is 48.6 Å². The van der Waals surface area contributed by atoms with Crippen molar-refractivity contribution in [2.75, 3.05) is 44.3 Å². The smallest absolute Gasteiger partial charge is 0.233 e. The van der Waals surface area contributed by atoms with E-state index in [2.05, 4.69) is 32.2 Å². The second kappa shape index (κ2) is 9.04. The minimum atomic E-state index is -0.478. The fourth-order valence-electron chi connectivity index (χ4n) is 4.71. The molecule has 3 aromatic rings. The first-order valence-corrected chi connectivity index (χ1v) is 11.2. The van der Waals surface area contributed by atoms with Gasteiger partial charge in [-0.05, 0) is 42.7 Å². The summed E-state index contributed by atoms with van der Waals surface area (Å²) in [6, 6.07) is 18.0. The van der Waals surface area contributed by atoms with E-state index in [1.54, 1.807) is 12.4 Å². The van der Waals surface area contributed by atoms with Crippen LogP contribution in [0.25, 0.3) is 11.3 Å². The number of hydrogen-bond acceptors (Lipinski definition) is 6. The van der Waals surface area contributed by atoms with Gasteiger partial charge in [-0.15, -0.1) is 10.2 Å². The molecule has 32 heavy (non-hydrogen) atoms. The van der Waals surface area contributed by atoms with E-state index in [4.69, 9.17) is 4.74 Å². The Kier molecular flexibility index (Phi) is 5.81. The molecule has 2 aliphatic rings. The van der Waals surface area contributed by atoms with Crippen molar-refractivity contribution in [2.45, 2.75) is 18.3 Å². The van der Waals surface area contributed by atoms with Crippen LogP contribution in [0.15, 0.2) is 67.0 Å². The van der Waals surface area contributed by atoms with E-state index in [-0.39, 0.29) is 5.91 Å². The zero-order chi connectivity index (χ0) is 21.8. The molecule has 0 unspecified atom stereocenters. The van der Waals surface area contributed by atoms with Crippen molar-refractivity contribution in [3.8, 4) is 11.3 Å². The molecule has 2 saturated heterocycles. The topological polar surface area (TPSA) is 71.5 Å². The standard InChI is InChI=1S/C25H27N5O2/c31-24(25(10-18-32-19-11-25)21-4-2-1-3-5-21)30-16-14-29(15-17-30)23-7-6-22(27-28-23)20-8-12-26-13-9-20/h1-9,12-13H,10-11,14-19H2. The highest BCUT2D eigenvalue weighted by Crippen LogP contribution is 2.37. The largest absolute Gasteiger partial charge is 0.381 e. The van der Waals surface area contributed by atoms with Crippen LogP contribution in [-0.2, 0) is 14.9 Å². The van der Waals surface area contributed by atoms with Gasteiger partial charge in [0.15, 0.2) is 5.82 Å². The third-order valence-electron chi connectivity index (χ3n) is 6.60. The summed E-state index contributed by atoms with van der Waals surface area (Å²) in [7, 11) is 0. The molecule has 0 saturated carbocycles. The summed E-state index contributed by atoms with van der Waals surface area (Å²) in [5.41, 5.74) is 2.45. The molecule has 2 aliphatic heterocycles. The number of piperazine rings is 1. The van der Waals surface area contributed by atoms with E-state index >= 15 is 0 Å². The molecule has 0 spiro atoms. The first-order chi connectivity index (χ1) is 15.8. The lowest BCUT2D eigenvalue weighted by molar-refractivity contribution is -0.141. The van der Waals surface area contributed by atoms with Gasteiger partial charge in [-0.1, -0.05) is 30.3 Å². The Balaban J connectivity index is 1.27. The molecule has 0 radical (unpaired) electrons. The van der Waals surface area contributed by atoms with Crippen LogP contribution in [0.5, 0.6) is 0 Å². The SMILES string of the molecule is O=C(N1CCN(c2ccc(-c3ccncc3)nn2)CC1)C1(c2ccccc2)CCOCC1. The van der Waals surface area contributed by atoms with Crippen LogP contribution in [0.2, 0.25) is 0 Å². The van der Waals surface area contributed by atoms with E-state index < -0.39 is 5.41 Å². The first kappa shape index (κ1) is 20.6. The molecule has 0 bridgehead atoms. The van der Waals surface area contributed by atoms with Crippen molar-refractivity contribution in [2.24, 2.45) is 0 Å². The number of amides is 1. The van der Waals surface area contributed by atoms with Crippen LogP contribution in [0.1, 0.15) is 18.4 Å². The van der Waals surface area contributed by atoms with Crippen molar-refractivity contribution in [1.82, 2.24) is 20.1 Å². The highest BCUT2D eigenvalue weighted by molar-refractivity contribution is 5.88. The maximum atomic E-state index is 13.7. The summed E-state index contributed by atoms with van der Waals surface area (Å²) in [5.74, 6) is 1.07. The average molecular weight is 430 g/mol. The normalized spacial score (nSPS) is 18.4. The predicted octanol–water partition coefficient (Wildman–Crippen LogP) is 2.94. The van der Waals surface area contributed by atoms with E-state index in [0.29, 0.717) is 26.3 Å². The molecular weight excluding hydrogens is 402 g/mol. The van der Waals surface area contributed by atoms with Gasteiger partial charge in [0.25, 0.3) is 0 Å². The zero-order valence-electron chi connectivity index (χ0n) is 18.1. The number of pyridine rings is 1.